The minimum absolute atomic E-state index is 0.416. The molecule has 0 unspecified atom stereocenters. The fourth-order valence-corrected chi connectivity index (χ4v) is 1.56. The van der Waals surface area contributed by atoms with E-state index in [0.717, 1.165) is 17.1 Å². The van der Waals surface area contributed by atoms with Crippen LogP contribution in [0.1, 0.15) is 28.6 Å². The van der Waals surface area contributed by atoms with Gasteiger partial charge < -0.3 is 9.73 Å². The highest BCUT2D eigenvalue weighted by atomic mass is 16.4. The van der Waals surface area contributed by atoms with Crippen LogP contribution in [0.15, 0.2) is 16.5 Å². The number of oxazole rings is 1. The normalized spacial score (nSPS) is 10.1. The molecule has 0 aliphatic heterocycles. The van der Waals surface area contributed by atoms with E-state index in [9.17, 15) is 0 Å². The third kappa shape index (κ3) is 2.48. The molecule has 0 saturated carbocycles. The number of hydrogen-bond acceptors (Lipinski definition) is 5. The molecule has 0 aliphatic carbocycles. The third-order valence-electron chi connectivity index (χ3n) is 2.63. The fraction of sp³-hybridized carbons (Fsp3) is 0.308. The maximum Gasteiger partial charge on any atom is 0.213 e. The number of nitrogens with one attached hydrogen (secondary N) is 1. The molecule has 1 N–H and O–H groups in total. The van der Waals surface area contributed by atoms with Crippen molar-refractivity contribution in [2.24, 2.45) is 0 Å². The second kappa shape index (κ2) is 4.88. The lowest BCUT2D eigenvalue weighted by Gasteiger charge is -2.05. The summed E-state index contributed by atoms with van der Waals surface area (Å²) < 4.78 is 5.46. The predicted molar refractivity (Wildman–Crippen MR) is 67.0 cm³/mol. The van der Waals surface area contributed by atoms with Crippen LogP contribution >= 0.6 is 0 Å². The summed E-state index contributed by atoms with van der Waals surface area (Å²) in [5.41, 5.74) is 2.25. The molecular weight excluding hydrogens is 228 g/mol. The minimum atomic E-state index is 0.416. The number of rotatable bonds is 3. The summed E-state index contributed by atoms with van der Waals surface area (Å²) in [6, 6.07) is 5.66. The van der Waals surface area contributed by atoms with Crippen LogP contribution < -0.4 is 5.32 Å². The molecule has 2 aromatic heterocycles. The molecule has 2 aromatic rings. The lowest BCUT2D eigenvalue weighted by molar-refractivity contribution is 0.478. The Hall–Kier alpha value is -2.35. The van der Waals surface area contributed by atoms with E-state index < -0.39 is 0 Å². The summed E-state index contributed by atoms with van der Waals surface area (Å²) in [7, 11) is 0. The summed E-state index contributed by atoms with van der Waals surface area (Å²) in [6.45, 7) is 6.07. The van der Waals surface area contributed by atoms with Gasteiger partial charge in [0.05, 0.1) is 17.8 Å². The highest BCUT2D eigenvalue weighted by Crippen LogP contribution is 2.14. The Morgan fingerprint density at radius 3 is 2.67 bits per heavy atom. The zero-order valence-electron chi connectivity index (χ0n) is 10.6. The lowest BCUT2D eigenvalue weighted by Crippen LogP contribution is -2.04. The van der Waals surface area contributed by atoms with Crippen LogP contribution in [0.2, 0.25) is 0 Å². The Labute approximate surface area is 105 Å². The van der Waals surface area contributed by atoms with Crippen molar-refractivity contribution >= 4 is 5.82 Å². The van der Waals surface area contributed by atoms with Crippen LogP contribution in [0, 0.1) is 32.1 Å². The van der Waals surface area contributed by atoms with Crippen LogP contribution in [-0.4, -0.2) is 9.97 Å². The van der Waals surface area contributed by atoms with Crippen molar-refractivity contribution < 1.29 is 4.42 Å². The molecule has 2 rings (SSSR count). The third-order valence-corrected chi connectivity index (χ3v) is 2.63. The summed E-state index contributed by atoms with van der Waals surface area (Å²) in [4.78, 5) is 8.55. The van der Waals surface area contributed by atoms with Gasteiger partial charge in [-0.3, -0.25) is 0 Å². The standard InChI is InChI=1S/C13H14N4O/c1-8-4-5-11(6-14)13(16-8)15-7-12-17-9(2)10(3)18-12/h4-5H,7H2,1-3H3,(H,15,16). The first-order chi connectivity index (χ1) is 8.60. The fourth-order valence-electron chi connectivity index (χ4n) is 1.56. The first-order valence-electron chi connectivity index (χ1n) is 5.64. The molecule has 92 valence electrons. The van der Waals surface area contributed by atoms with Gasteiger partial charge in [0.25, 0.3) is 0 Å². The van der Waals surface area contributed by atoms with E-state index in [4.69, 9.17) is 9.68 Å². The van der Waals surface area contributed by atoms with E-state index in [-0.39, 0.29) is 0 Å². The smallest absolute Gasteiger partial charge is 0.213 e. The average molecular weight is 242 g/mol. The molecule has 18 heavy (non-hydrogen) atoms. The average Bonchev–Trinajstić information content (AvgIpc) is 2.66. The molecule has 0 spiro atoms. The van der Waals surface area contributed by atoms with E-state index >= 15 is 0 Å². The molecule has 0 aliphatic rings. The second-order valence-electron chi connectivity index (χ2n) is 4.06. The molecular formula is C13H14N4O. The summed E-state index contributed by atoms with van der Waals surface area (Å²) in [5.74, 6) is 1.97. The molecule has 0 atom stereocenters. The Morgan fingerprint density at radius 1 is 1.28 bits per heavy atom. The van der Waals surface area contributed by atoms with E-state index in [1.54, 1.807) is 6.07 Å². The van der Waals surface area contributed by atoms with E-state index in [1.807, 2.05) is 26.8 Å². The zero-order chi connectivity index (χ0) is 13.1. The Bertz CT molecular complexity index is 590. The van der Waals surface area contributed by atoms with Gasteiger partial charge in [-0.25, -0.2) is 9.97 Å². The van der Waals surface area contributed by atoms with Crippen molar-refractivity contribution in [3.05, 3.63) is 40.7 Å². The van der Waals surface area contributed by atoms with E-state index in [0.29, 0.717) is 23.8 Å². The molecule has 0 bridgehead atoms. The number of aromatic nitrogens is 2. The molecule has 0 amide bonds. The molecule has 0 fully saturated rings. The van der Waals surface area contributed by atoms with Gasteiger partial charge in [0.2, 0.25) is 5.89 Å². The Balaban J connectivity index is 2.15. The summed E-state index contributed by atoms with van der Waals surface area (Å²) >= 11 is 0. The van der Waals surface area contributed by atoms with E-state index in [1.165, 1.54) is 0 Å². The van der Waals surface area contributed by atoms with Gasteiger partial charge in [0.1, 0.15) is 17.6 Å². The number of hydrogen-bond donors (Lipinski definition) is 1. The predicted octanol–water partition coefficient (Wildman–Crippen LogP) is 2.48. The molecule has 5 nitrogen and oxygen atoms in total. The quantitative estimate of drug-likeness (QED) is 0.894. The highest BCUT2D eigenvalue weighted by Gasteiger charge is 2.08. The zero-order valence-corrected chi connectivity index (χ0v) is 10.6. The monoisotopic (exact) mass is 242 g/mol. The van der Waals surface area contributed by atoms with Gasteiger partial charge in [0.15, 0.2) is 0 Å². The maximum absolute atomic E-state index is 8.99. The van der Waals surface area contributed by atoms with E-state index in [2.05, 4.69) is 21.4 Å². The molecule has 0 saturated heterocycles. The van der Waals surface area contributed by atoms with Crippen molar-refractivity contribution in [1.29, 1.82) is 5.26 Å². The lowest BCUT2D eigenvalue weighted by atomic mass is 10.2. The van der Waals surface area contributed by atoms with Crippen LogP contribution in [-0.2, 0) is 6.54 Å². The van der Waals surface area contributed by atoms with Crippen LogP contribution in [0.5, 0.6) is 0 Å². The molecule has 2 heterocycles. The second-order valence-corrected chi connectivity index (χ2v) is 4.06. The minimum Gasteiger partial charge on any atom is -0.444 e. The first-order valence-corrected chi connectivity index (χ1v) is 5.64. The van der Waals surface area contributed by atoms with Crippen LogP contribution in [0.4, 0.5) is 5.82 Å². The Kier molecular flexibility index (Phi) is 3.28. The first kappa shape index (κ1) is 12.1. The van der Waals surface area contributed by atoms with Crippen LogP contribution in [0.25, 0.3) is 0 Å². The van der Waals surface area contributed by atoms with Crippen molar-refractivity contribution in [3.63, 3.8) is 0 Å². The van der Waals surface area contributed by atoms with Crippen LogP contribution in [0.3, 0.4) is 0 Å². The summed E-state index contributed by atoms with van der Waals surface area (Å²) in [5, 5.41) is 12.1. The highest BCUT2D eigenvalue weighted by molar-refractivity contribution is 5.52. The maximum atomic E-state index is 8.99. The van der Waals surface area contributed by atoms with Gasteiger partial charge in [-0.1, -0.05) is 0 Å². The van der Waals surface area contributed by atoms with Crippen molar-refractivity contribution in [1.82, 2.24) is 9.97 Å². The van der Waals surface area contributed by atoms with Crippen molar-refractivity contribution in [3.8, 4) is 6.07 Å². The SMILES string of the molecule is Cc1ccc(C#N)c(NCc2nc(C)c(C)o2)n1. The number of aryl methyl sites for hydroxylation is 3. The van der Waals surface area contributed by atoms with Gasteiger partial charge in [-0.05, 0) is 32.9 Å². The number of pyridine rings is 1. The number of nitriles is 1. The van der Waals surface area contributed by atoms with Gasteiger partial charge in [-0.15, -0.1) is 0 Å². The molecule has 0 aromatic carbocycles. The molecule has 5 heteroatoms. The van der Waals surface area contributed by atoms with Crippen molar-refractivity contribution in [2.45, 2.75) is 27.3 Å². The summed E-state index contributed by atoms with van der Waals surface area (Å²) in [6.07, 6.45) is 0. The number of nitrogens with zero attached hydrogens (tertiary/aromatic N) is 3. The number of anilines is 1. The van der Waals surface area contributed by atoms with Crippen molar-refractivity contribution in [2.75, 3.05) is 5.32 Å². The molecule has 0 radical (unpaired) electrons. The van der Waals surface area contributed by atoms with Gasteiger partial charge in [-0.2, -0.15) is 5.26 Å². The van der Waals surface area contributed by atoms with Gasteiger partial charge >= 0.3 is 0 Å². The topological polar surface area (TPSA) is 74.7 Å². The Morgan fingerprint density at radius 2 is 2.06 bits per heavy atom. The van der Waals surface area contributed by atoms with Gasteiger partial charge in [0, 0.05) is 5.69 Å². The largest absolute Gasteiger partial charge is 0.444 e.